The molecule has 12 unspecified atom stereocenters. The number of carbonyl (C=O) groups excluding carboxylic acids is 1. The van der Waals surface area contributed by atoms with Crippen LogP contribution in [0, 0.1) is 0 Å². The van der Waals surface area contributed by atoms with E-state index >= 15 is 0 Å². The molecule has 0 aromatic rings. The van der Waals surface area contributed by atoms with E-state index in [4.69, 9.17) is 18.9 Å². The molecule has 0 saturated carbocycles. The predicted octanol–water partition coefficient (Wildman–Crippen LogP) is 16.8. The van der Waals surface area contributed by atoms with Gasteiger partial charge in [0.1, 0.15) is 48.8 Å². The van der Waals surface area contributed by atoms with E-state index < -0.39 is 86.8 Å². The van der Waals surface area contributed by atoms with Crippen molar-refractivity contribution in [3.63, 3.8) is 0 Å². The molecular formula is C82H137NO13. The Balaban J connectivity index is 1.67. The molecular weight excluding hydrogens is 1210 g/mol. The molecule has 0 aromatic heterocycles. The topological polar surface area (TPSA) is 228 Å². The molecule has 0 bridgehead atoms. The molecule has 2 aliphatic rings. The van der Waals surface area contributed by atoms with Gasteiger partial charge < -0.3 is 65.1 Å². The van der Waals surface area contributed by atoms with Gasteiger partial charge >= 0.3 is 0 Å². The van der Waals surface area contributed by atoms with E-state index in [2.05, 4.69) is 165 Å². The molecule has 2 aliphatic heterocycles. The van der Waals surface area contributed by atoms with Crippen LogP contribution in [0.1, 0.15) is 271 Å². The molecule has 96 heavy (non-hydrogen) atoms. The summed E-state index contributed by atoms with van der Waals surface area (Å²) in [5, 5.41) is 87.7. The first kappa shape index (κ1) is 88.0. The molecule has 0 spiro atoms. The number of aliphatic hydroxyl groups excluding tert-OH is 8. The highest BCUT2D eigenvalue weighted by atomic mass is 16.7. The Bertz CT molecular complexity index is 2180. The van der Waals surface area contributed by atoms with Crippen LogP contribution in [-0.4, -0.2) is 140 Å². The third-order valence-electron chi connectivity index (χ3n) is 17.6. The number of unbranched alkanes of at least 4 members (excludes halogenated alkanes) is 24. The lowest BCUT2D eigenvalue weighted by Crippen LogP contribution is -2.65. The van der Waals surface area contributed by atoms with Gasteiger partial charge in [-0.1, -0.05) is 307 Å². The van der Waals surface area contributed by atoms with Gasteiger partial charge in [-0.2, -0.15) is 0 Å². The van der Waals surface area contributed by atoms with Crippen molar-refractivity contribution in [1.82, 2.24) is 5.32 Å². The average molecular weight is 1340 g/mol. The number of hydrogen-bond donors (Lipinski definition) is 9. The minimum Gasteiger partial charge on any atom is -0.394 e. The van der Waals surface area contributed by atoms with Gasteiger partial charge in [0.2, 0.25) is 5.91 Å². The minimum absolute atomic E-state index is 0.240. The van der Waals surface area contributed by atoms with Gasteiger partial charge in [-0.15, -0.1) is 0 Å². The van der Waals surface area contributed by atoms with Crippen LogP contribution < -0.4 is 5.32 Å². The zero-order valence-corrected chi connectivity index (χ0v) is 59.8. The first-order chi connectivity index (χ1) is 47.1. The Labute approximate surface area is 583 Å². The van der Waals surface area contributed by atoms with E-state index in [0.29, 0.717) is 12.8 Å². The van der Waals surface area contributed by atoms with Crippen molar-refractivity contribution < 1.29 is 64.6 Å². The van der Waals surface area contributed by atoms with Crippen molar-refractivity contribution in [2.24, 2.45) is 0 Å². The van der Waals surface area contributed by atoms with Gasteiger partial charge in [0.15, 0.2) is 12.6 Å². The summed E-state index contributed by atoms with van der Waals surface area (Å²) in [5.41, 5.74) is 0. The fourth-order valence-electron chi connectivity index (χ4n) is 11.6. The smallest absolute Gasteiger partial charge is 0.220 e. The number of amides is 1. The highest BCUT2D eigenvalue weighted by Gasteiger charge is 2.51. The molecule has 14 heteroatoms. The van der Waals surface area contributed by atoms with Crippen molar-refractivity contribution in [3.8, 4) is 0 Å². The summed E-state index contributed by atoms with van der Waals surface area (Å²) in [7, 11) is 0. The van der Waals surface area contributed by atoms with Crippen LogP contribution in [0.3, 0.4) is 0 Å². The monoisotopic (exact) mass is 1340 g/mol. The van der Waals surface area contributed by atoms with Gasteiger partial charge in [-0.05, 0) is 103 Å². The van der Waals surface area contributed by atoms with Crippen molar-refractivity contribution in [2.75, 3.05) is 19.8 Å². The lowest BCUT2D eigenvalue weighted by molar-refractivity contribution is -0.359. The molecule has 14 nitrogen and oxygen atoms in total. The van der Waals surface area contributed by atoms with Crippen LogP contribution >= 0.6 is 0 Å². The van der Waals surface area contributed by atoms with Gasteiger partial charge in [0, 0.05) is 6.42 Å². The Morgan fingerprint density at radius 2 is 0.719 bits per heavy atom. The van der Waals surface area contributed by atoms with Gasteiger partial charge in [-0.25, -0.2) is 0 Å². The Morgan fingerprint density at radius 1 is 0.385 bits per heavy atom. The molecule has 2 fully saturated rings. The number of ether oxygens (including phenoxy) is 4. The highest BCUT2D eigenvalue weighted by Crippen LogP contribution is 2.30. The lowest BCUT2D eigenvalue weighted by atomic mass is 9.97. The first-order valence-corrected chi connectivity index (χ1v) is 38.1. The van der Waals surface area contributed by atoms with Crippen LogP contribution in [0.5, 0.6) is 0 Å². The minimum atomic E-state index is -1.80. The van der Waals surface area contributed by atoms with E-state index in [-0.39, 0.29) is 18.9 Å². The zero-order valence-electron chi connectivity index (χ0n) is 59.8. The fraction of sp³-hybridized carbons (Fsp3) is 0.695. The second-order valence-corrected chi connectivity index (χ2v) is 26.0. The SMILES string of the molecule is CC/C=C\C/C=C\C/C=C\C/C=C\C/C=C\C/C=C\C/C=C\C/C=C\C/C=C\C/C=C\C/C=C\C/C=C\CCCCC(=O)NC(COC1OC(CO)C(OC2OC(CO)C(O)C(O)C2O)C(O)C1O)C(O)CCCCCCCCCCCCCCCCCCCCCCCCC. The largest absolute Gasteiger partial charge is 0.394 e. The van der Waals surface area contributed by atoms with Crippen molar-refractivity contribution in [3.05, 3.63) is 146 Å². The fourth-order valence-corrected chi connectivity index (χ4v) is 11.6. The summed E-state index contributed by atoms with van der Waals surface area (Å²) in [6.45, 7) is 2.74. The van der Waals surface area contributed by atoms with Crippen molar-refractivity contribution in [2.45, 2.75) is 344 Å². The van der Waals surface area contributed by atoms with Gasteiger partial charge in [0.05, 0.1) is 32.0 Å². The number of nitrogens with one attached hydrogen (secondary N) is 1. The van der Waals surface area contributed by atoms with Crippen LogP contribution in [0.2, 0.25) is 0 Å². The second kappa shape index (κ2) is 64.3. The summed E-state index contributed by atoms with van der Waals surface area (Å²) >= 11 is 0. The maximum Gasteiger partial charge on any atom is 0.220 e. The molecule has 548 valence electrons. The highest BCUT2D eigenvalue weighted by molar-refractivity contribution is 5.76. The third-order valence-corrected chi connectivity index (χ3v) is 17.6. The quantitative estimate of drug-likeness (QED) is 0.0204. The summed E-state index contributed by atoms with van der Waals surface area (Å²) in [6.07, 6.45) is 80.1. The number of allylic oxidation sites excluding steroid dienone is 24. The number of rotatable bonds is 61. The Kier molecular flexibility index (Phi) is 58.9. The first-order valence-electron chi connectivity index (χ1n) is 38.1. The molecule has 0 radical (unpaired) electrons. The standard InChI is InChI=1S/C82H137NO13/c1-3-5-7-9-11-13-15-17-19-21-23-25-27-28-29-30-31-32-33-34-35-36-37-38-39-40-41-42-44-46-48-50-52-54-56-58-60-62-64-66-74(87)83-70(69-93-81-79(92)77(90)80(73(68-85)95-81)96-82-78(91)76(89)75(88)72(67-84)94-82)71(86)65-63-61-59-57-55-53-51-49-47-45-43-26-24-22-20-18-16-14-12-10-8-6-4-2/h5,7,11,13,17,19,23,25,28-29,31-32,34-35,37-38,40-41,44,46,50,52,56,58,70-73,75-82,84-86,88-92H,3-4,6,8-10,12,14-16,18,20-22,24,26-27,30,33,36,39,42-43,45,47-49,51,53-55,57,59-69H2,1-2H3,(H,83,87)/b7-5-,13-11-,19-17-,25-23-,29-28-,32-31-,35-34-,38-37-,41-40-,46-44-,52-50-,58-56-. The van der Waals surface area contributed by atoms with Crippen LogP contribution in [-0.2, 0) is 23.7 Å². The van der Waals surface area contributed by atoms with E-state index in [9.17, 15) is 45.6 Å². The normalized spacial score (nSPS) is 23.1. The zero-order chi connectivity index (χ0) is 69.4. The summed E-state index contributed by atoms with van der Waals surface area (Å²) in [5.74, 6) is -0.252. The maximum absolute atomic E-state index is 13.4. The van der Waals surface area contributed by atoms with E-state index in [1.54, 1.807) is 0 Å². The van der Waals surface area contributed by atoms with Gasteiger partial charge in [0.25, 0.3) is 0 Å². The van der Waals surface area contributed by atoms with Crippen LogP contribution in [0.25, 0.3) is 0 Å². The molecule has 2 rings (SSSR count). The predicted molar refractivity (Wildman–Crippen MR) is 396 cm³/mol. The molecule has 0 aliphatic carbocycles. The van der Waals surface area contributed by atoms with Crippen molar-refractivity contribution in [1.29, 1.82) is 0 Å². The molecule has 1 amide bonds. The van der Waals surface area contributed by atoms with Crippen LogP contribution in [0.4, 0.5) is 0 Å². The van der Waals surface area contributed by atoms with E-state index in [1.165, 1.54) is 122 Å². The van der Waals surface area contributed by atoms with Crippen LogP contribution in [0.15, 0.2) is 146 Å². The average Bonchev–Trinajstić information content (AvgIpc) is 0.806. The van der Waals surface area contributed by atoms with E-state index in [1.807, 2.05) is 0 Å². The Morgan fingerprint density at radius 3 is 1.08 bits per heavy atom. The third kappa shape index (κ3) is 47.0. The number of aliphatic hydroxyl groups is 8. The summed E-state index contributed by atoms with van der Waals surface area (Å²) in [6, 6.07) is -0.865. The summed E-state index contributed by atoms with van der Waals surface area (Å²) in [4.78, 5) is 13.4. The molecule has 2 heterocycles. The molecule has 0 aromatic carbocycles. The van der Waals surface area contributed by atoms with E-state index in [0.717, 1.165) is 116 Å². The molecule has 9 N–H and O–H groups in total. The second-order valence-electron chi connectivity index (χ2n) is 26.0. The van der Waals surface area contributed by atoms with Crippen molar-refractivity contribution >= 4 is 5.91 Å². The maximum atomic E-state index is 13.4. The molecule has 2 saturated heterocycles. The Hall–Kier alpha value is -4.13. The van der Waals surface area contributed by atoms with Gasteiger partial charge in [-0.3, -0.25) is 4.79 Å². The lowest BCUT2D eigenvalue weighted by Gasteiger charge is -2.46. The molecule has 12 atom stereocenters. The number of hydrogen-bond acceptors (Lipinski definition) is 13. The number of carbonyl (C=O) groups is 1. The summed E-state index contributed by atoms with van der Waals surface area (Å²) < 4.78 is 22.9.